The van der Waals surface area contributed by atoms with Crippen molar-refractivity contribution in [3.63, 3.8) is 0 Å². The molecule has 2 aliphatic rings. The number of aliphatic carboxylic acids is 1. The Balaban J connectivity index is 1.75. The summed E-state index contributed by atoms with van der Waals surface area (Å²) >= 11 is 3.62. The summed E-state index contributed by atoms with van der Waals surface area (Å²) in [6, 6.07) is 6.77. The second kappa shape index (κ2) is 5.84. The zero-order valence-electron chi connectivity index (χ0n) is 11.2. The van der Waals surface area contributed by atoms with Crippen LogP contribution < -0.4 is 0 Å². The van der Waals surface area contributed by atoms with Gasteiger partial charge in [-0.3, -0.25) is 9.69 Å². The van der Waals surface area contributed by atoms with E-state index >= 15 is 0 Å². The van der Waals surface area contributed by atoms with Gasteiger partial charge in [0.2, 0.25) is 0 Å². The molecule has 1 aromatic carbocycles. The van der Waals surface area contributed by atoms with E-state index < -0.39 is 5.97 Å². The molecule has 1 N–H and O–H groups in total. The second-order valence-electron chi connectivity index (χ2n) is 5.45. The molecule has 0 bridgehead atoms. The summed E-state index contributed by atoms with van der Waals surface area (Å²) < 4.78 is 6.75. The Bertz CT molecular complexity index is 520. The lowest BCUT2D eigenvalue weighted by Gasteiger charge is -2.36. The minimum Gasteiger partial charge on any atom is -0.481 e. The van der Waals surface area contributed by atoms with Gasteiger partial charge in [-0.05, 0) is 30.0 Å². The van der Waals surface area contributed by atoms with Crippen LogP contribution in [0.2, 0.25) is 0 Å². The molecule has 0 saturated carbocycles. The lowest BCUT2D eigenvalue weighted by atomic mass is 10.1. The van der Waals surface area contributed by atoms with Gasteiger partial charge in [-0.1, -0.05) is 28.1 Å². The van der Waals surface area contributed by atoms with Gasteiger partial charge in [0, 0.05) is 23.6 Å². The quantitative estimate of drug-likeness (QED) is 0.919. The molecular formula is C15H18BrNO3. The minimum absolute atomic E-state index is 0.0918. The fourth-order valence-corrected chi connectivity index (χ4v) is 3.89. The number of carboxylic acid groups (broad SMARTS) is 1. The highest BCUT2D eigenvalue weighted by Gasteiger charge is 2.33. The number of ether oxygens (including phenoxy) is 1. The fraction of sp³-hybridized carbons (Fsp3) is 0.533. The molecule has 0 amide bonds. The maximum Gasteiger partial charge on any atom is 0.306 e. The van der Waals surface area contributed by atoms with Gasteiger partial charge in [0.1, 0.15) is 0 Å². The number of benzene rings is 1. The van der Waals surface area contributed by atoms with Crippen LogP contribution in [0.15, 0.2) is 22.7 Å². The molecule has 1 fully saturated rings. The van der Waals surface area contributed by atoms with Crippen LogP contribution in [0.1, 0.15) is 30.0 Å². The molecule has 20 heavy (non-hydrogen) atoms. The third-order valence-corrected chi connectivity index (χ3v) is 4.94. The molecule has 2 atom stereocenters. The summed E-state index contributed by atoms with van der Waals surface area (Å²) in [5.74, 6) is -0.786. The molecular weight excluding hydrogens is 322 g/mol. The maximum absolute atomic E-state index is 10.8. The summed E-state index contributed by atoms with van der Waals surface area (Å²) in [6.07, 6.45) is 2.10. The summed E-state index contributed by atoms with van der Waals surface area (Å²) in [5.41, 5.74) is 2.79. The summed E-state index contributed by atoms with van der Waals surface area (Å²) in [5, 5.41) is 8.91. The highest BCUT2D eigenvalue weighted by atomic mass is 79.9. The first-order valence-electron chi connectivity index (χ1n) is 7.00. The van der Waals surface area contributed by atoms with E-state index in [-0.39, 0.29) is 12.5 Å². The van der Waals surface area contributed by atoms with Crippen LogP contribution in [-0.2, 0) is 16.0 Å². The predicted molar refractivity (Wildman–Crippen MR) is 78.8 cm³/mol. The molecule has 0 spiro atoms. The van der Waals surface area contributed by atoms with Crippen molar-refractivity contribution in [2.75, 3.05) is 19.7 Å². The minimum atomic E-state index is -0.786. The number of fused-ring (bicyclic) bond motifs is 1. The summed E-state index contributed by atoms with van der Waals surface area (Å²) in [7, 11) is 0. The Morgan fingerprint density at radius 3 is 3.15 bits per heavy atom. The van der Waals surface area contributed by atoms with Crippen LogP contribution in [0, 0.1) is 0 Å². The van der Waals surface area contributed by atoms with Crippen molar-refractivity contribution in [1.29, 1.82) is 0 Å². The van der Waals surface area contributed by atoms with Gasteiger partial charge in [-0.25, -0.2) is 0 Å². The van der Waals surface area contributed by atoms with E-state index in [1.807, 2.05) is 0 Å². The average Bonchev–Trinajstić information content (AvgIpc) is 2.83. The van der Waals surface area contributed by atoms with Crippen LogP contribution >= 0.6 is 15.9 Å². The standard InChI is InChI=1S/C15H18BrNO3/c16-13-3-1-2-12-11(13)4-5-14(12)17-6-7-20-10(9-17)8-15(18)19/h1-3,10,14H,4-9H2,(H,18,19). The first-order valence-corrected chi connectivity index (χ1v) is 7.79. The number of halogens is 1. The lowest BCUT2D eigenvalue weighted by molar-refractivity contribution is -0.142. The van der Waals surface area contributed by atoms with Crippen LogP contribution in [-0.4, -0.2) is 41.8 Å². The van der Waals surface area contributed by atoms with Gasteiger partial charge >= 0.3 is 5.97 Å². The van der Waals surface area contributed by atoms with Gasteiger partial charge in [0.25, 0.3) is 0 Å². The van der Waals surface area contributed by atoms with E-state index in [2.05, 4.69) is 39.0 Å². The van der Waals surface area contributed by atoms with Crippen LogP contribution in [0.3, 0.4) is 0 Å². The molecule has 5 heteroatoms. The van der Waals surface area contributed by atoms with E-state index in [9.17, 15) is 4.79 Å². The predicted octanol–water partition coefficient (Wildman–Crippen LogP) is 2.61. The highest BCUT2D eigenvalue weighted by Crippen LogP contribution is 2.39. The van der Waals surface area contributed by atoms with Gasteiger partial charge in [0.15, 0.2) is 0 Å². The zero-order chi connectivity index (χ0) is 14.1. The lowest BCUT2D eigenvalue weighted by Crippen LogP contribution is -2.44. The number of hydrogen-bond acceptors (Lipinski definition) is 3. The monoisotopic (exact) mass is 339 g/mol. The fourth-order valence-electron chi connectivity index (χ4n) is 3.31. The van der Waals surface area contributed by atoms with Crippen LogP contribution in [0.5, 0.6) is 0 Å². The zero-order valence-corrected chi connectivity index (χ0v) is 12.8. The number of morpholine rings is 1. The molecule has 4 nitrogen and oxygen atoms in total. The van der Waals surface area contributed by atoms with Crippen LogP contribution in [0.4, 0.5) is 0 Å². The molecule has 2 unspecified atom stereocenters. The van der Waals surface area contributed by atoms with Crippen molar-refractivity contribution in [3.05, 3.63) is 33.8 Å². The molecule has 1 aromatic rings. The Morgan fingerprint density at radius 1 is 1.50 bits per heavy atom. The van der Waals surface area contributed by atoms with Crippen LogP contribution in [0.25, 0.3) is 0 Å². The summed E-state index contributed by atoms with van der Waals surface area (Å²) in [4.78, 5) is 13.2. The van der Waals surface area contributed by atoms with Gasteiger partial charge < -0.3 is 9.84 Å². The van der Waals surface area contributed by atoms with E-state index in [1.165, 1.54) is 15.6 Å². The first kappa shape index (κ1) is 14.0. The Labute approximate surface area is 126 Å². The average molecular weight is 340 g/mol. The van der Waals surface area contributed by atoms with E-state index in [0.29, 0.717) is 19.2 Å². The molecule has 0 radical (unpaired) electrons. The third kappa shape index (κ3) is 2.75. The second-order valence-corrected chi connectivity index (χ2v) is 6.30. The highest BCUT2D eigenvalue weighted by molar-refractivity contribution is 9.10. The van der Waals surface area contributed by atoms with E-state index in [0.717, 1.165) is 19.4 Å². The van der Waals surface area contributed by atoms with Crippen molar-refractivity contribution < 1.29 is 14.6 Å². The van der Waals surface area contributed by atoms with Crippen molar-refractivity contribution >= 4 is 21.9 Å². The first-order chi connectivity index (χ1) is 9.65. The maximum atomic E-state index is 10.8. The number of nitrogens with zero attached hydrogens (tertiary/aromatic N) is 1. The van der Waals surface area contributed by atoms with Crippen molar-refractivity contribution in [2.24, 2.45) is 0 Å². The molecule has 1 saturated heterocycles. The number of carbonyl (C=O) groups is 1. The molecule has 108 valence electrons. The topological polar surface area (TPSA) is 49.8 Å². The molecule has 3 rings (SSSR count). The SMILES string of the molecule is O=C(O)CC1CN(C2CCc3c(Br)cccc32)CCO1. The van der Waals surface area contributed by atoms with Gasteiger partial charge in [0.05, 0.1) is 19.1 Å². The Hall–Kier alpha value is -0.910. The van der Waals surface area contributed by atoms with Crippen molar-refractivity contribution in [2.45, 2.75) is 31.4 Å². The molecule has 0 aromatic heterocycles. The molecule has 1 aliphatic heterocycles. The van der Waals surface area contributed by atoms with Crippen molar-refractivity contribution in [1.82, 2.24) is 4.90 Å². The number of rotatable bonds is 3. The normalized spacial score (nSPS) is 26.4. The van der Waals surface area contributed by atoms with E-state index in [1.54, 1.807) is 0 Å². The largest absolute Gasteiger partial charge is 0.481 e. The van der Waals surface area contributed by atoms with E-state index in [4.69, 9.17) is 9.84 Å². The Morgan fingerprint density at radius 2 is 2.35 bits per heavy atom. The number of hydrogen-bond donors (Lipinski definition) is 1. The van der Waals surface area contributed by atoms with Gasteiger partial charge in [-0.2, -0.15) is 0 Å². The molecule has 1 heterocycles. The smallest absolute Gasteiger partial charge is 0.306 e. The summed E-state index contributed by atoms with van der Waals surface area (Å²) in [6.45, 7) is 2.22. The van der Waals surface area contributed by atoms with Gasteiger partial charge in [-0.15, -0.1) is 0 Å². The molecule has 1 aliphatic carbocycles. The third-order valence-electron chi connectivity index (χ3n) is 4.20. The van der Waals surface area contributed by atoms with Crippen molar-refractivity contribution in [3.8, 4) is 0 Å². The number of carboxylic acids is 1. The Kier molecular flexibility index (Phi) is 4.10.